The van der Waals surface area contributed by atoms with Crippen LogP contribution in [0.5, 0.6) is 11.5 Å². The molecule has 0 unspecified atom stereocenters. The van der Waals surface area contributed by atoms with Crippen molar-refractivity contribution in [2.24, 2.45) is 0 Å². The van der Waals surface area contributed by atoms with Crippen molar-refractivity contribution in [3.63, 3.8) is 0 Å². The molecule has 0 spiro atoms. The molecule has 1 heterocycles. The topological polar surface area (TPSA) is 102 Å². The summed E-state index contributed by atoms with van der Waals surface area (Å²) in [4.78, 5) is 12.6. The van der Waals surface area contributed by atoms with E-state index in [-0.39, 0.29) is 12.5 Å². The highest BCUT2D eigenvalue weighted by molar-refractivity contribution is 6.04. The van der Waals surface area contributed by atoms with Gasteiger partial charge in [0, 0.05) is 17.3 Å². The Bertz CT molecular complexity index is 915. The summed E-state index contributed by atoms with van der Waals surface area (Å²) in [6, 6.07) is 14.4. The number of rotatable bonds is 12. The smallest absolute Gasteiger partial charge is 0.255 e. The van der Waals surface area contributed by atoms with Crippen LogP contribution in [0.4, 0.5) is 5.69 Å². The lowest BCUT2D eigenvalue weighted by Gasteiger charge is -2.10. The summed E-state index contributed by atoms with van der Waals surface area (Å²) >= 11 is 0. The highest BCUT2D eigenvalue weighted by atomic mass is 16.5. The third-order valence-electron chi connectivity index (χ3n) is 4.46. The maximum Gasteiger partial charge on any atom is 0.255 e. The van der Waals surface area contributed by atoms with Gasteiger partial charge in [-0.1, -0.05) is 50.0 Å². The summed E-state index contributed by atoms with van der Waals surface area (Å²) in [5.74, 6) is 1.54. The van der Waals surface area contributed by atoms with Crippen LogP contribution in [-0.2, 0) is 6.61 Å². The maximum atomic E-state index is 12.6. The summed E-state index contributed by atoms with van der Waals surface area (Å²) in [5, 5.41) is 16.4. The molecule has 3 rings (SSSR count). The van der Waals surface area contributed by atoms with Crippen molar-refractivity contribution in [2.45, 2.75) is 45.6 Å². The predicted molar refractivity (Wildman–Crippen MR) is 114 cm³/mol. The number of carbonyl (C=O) groups excluding carboxylic acids is 1. The molecule has 0 aliphatic carbocycles. The molecule has 0 saturated carbocycles. The summed E-state index contributed by atoms with van der Waals surface area (Å²) in [5.41, 5.74) is 1.17. The lowest BCUT2D eigenvalue weighted by atomic mass is 10.1. The fourth-order valence-corrected chi connectivity index (χ4v) is 2.88. The Balaban J connectivity index is 1.51. The van der Waals surface area contributed by atoms with E-state index in [0.717, 1.165) is 6.42 Å². The molecule has 0 fully saturated rings. The van der Waals surface area contributed by atoms with Crippen molar-refractivity contribution in [3.8, 4) is 11.5 Å². The normalized spacial score (nSPS) is 10.6. The number of hydrogen-bond donors (Lipinski definition) is 2. The van der Waals surface area contributed by atoms with Crippen LogP contribution in [0.15, 0.2) is 48.5 Å². The minimum Gasteiger partial charge on any atom is -0.494 e. The SMILES string of the molecule is CCCCCCCOc1cccc(C(=O)Nc2cccc(OCc3nn[nH]n3)c2)c1. The molecule has 0 bridgehead atoms. The monoisotopic (exact) mass is 409 g/mol. The molecule has 30 heavy (non-hydrogen) atoms. The average molecular weight is 409 g/mol. The van der Waals surface area contributed by atoms with Gasteiger partial charge in [0.15, 0.2) is 6.61 Å². The maximum absolute atomic E-state index is 12.6. The number of aromatic nitrogens is 4. The van der Waals surface area contributed by atoms with E-state index in [9.17, 15) is 4.79 Å². The number of ether oxygens (including phenoxy) is 2. The molecule has 0 aliphatic rings. The Kier molecular flexibility index (Phi) is 8.20. The highest BCUT2D eigenvalue weighted by Gasteiger charge is 2.09. The van der Waals surface area contributed by atoms with Gasteiger partial charge in [0.25, 0.3) is 5.91 Å². The molecule has 0 aliphatic heterocycles. The number of H-pyrrole nitrogens is 1. The molecule has 8 heteroatoms. The summed E-state index contributed by atoms with van der Waals surface area (Å²) in [7, 11) is 0. The molecular weight excluding hydrogens is 382 g/mol. The molecule has 3 aromatic rings. The van der Waals surface area contributed by atoms with Gasteiger partial charge in [0.2, 0.25) is 5.82 Å². The predicted octanol–water partition coefficient (Wildman–Crippen LogP) is 4.38. The van der Waals surface area contributed by atoms with E-state index < -0.39 is 0 Å². The second-order valence-corrected chi connectivity index (χ2v) is 6.89. The lowest BCUT2D eigenvalue weighted by molar-refractivity contribution is 0.102. The first-order chi connectivity index (χ1) is 14.7. The van der Waals surface area contributed by atoms with Gasteiger partial charge in [-0.3, -0.25) is 4.79 Å². The number of benzene rings is 2. The molecule has 8 nitrogen and oxygen atoms in total. The molecular formula is C22H27N5O3. The second kappa shape index (κ2) is 11.5. The van der Waals surface area contributed by atoms with Gasteiger partial charge in [-0.05, 0) is 36.8 Å². The molecule has 1 aromatic heterocycles. The molecule has 0 saturated heterocycles. The minimum absolute atomic E-state index is 0.186. The van der Waals surface area contributed by atoms with Gasteiger partial charge in [0.1, 0.15) is 11.5 Å². The molecule has 2 N–H and O–H groups in total. The number of nitrogens with zero attached hydrogens (tertiary/aromatic N) is 3. The van der Waals surface area contributed by atoms with Gasteiger partial charge >= 0.3 is 0 Å². The highest BCUT2D eigenvalue weighted by Crippen LogP contribution is 2.20. The second-order valence-electron chi connectivity index (χ2n) is 6.89. The summed E-state index contributed by atoms with van der Waals surface area (Å²) in [6.45, 7) is 3.05. The van der Waals surface area contributed by atoms with Gasteiger partial charge in [0.05, 0.1) is 6.61 Å². The van der Waals surface area contributed by atoms with Crippen LogP contribution < -0.4 is 14.8 Å². The lowest BCUT2D eigenvalue weighted by Crippen LogP contribution is -2.12. The third-order valence-corrected chi connectivity index (χ3v) is 4.46. The van der Waals surface area contributed by atoms with Gasteiger partial charge < -0.3 is 14.8 Å². The Hall–Kier alpha value is -3.42. The number of nitrogens with one attached hydrogen (secondary N) is 2. The molecule has 1 amide bonds. The van der Waals surface area contributed by atoms with Crippen molar-refractivity contribution >= 4 is 11.6 Å². The van der Waals surface area contributed by atoms with Gasteiger partial charge in [-0.2, -0.15) is 5.21 Å². The molecule has 0 atom stereocenters. The standard InChI is InChI=1S/C22H27N5O3/c1-2-3-4-5-6-13-29-19-11-7-9-17(14-19)22(28)23-18-10-8-12-20(15-18)30-16-21-24-26-27-25-21/h7-12,14-15H,2-6,13,16H2,1H3,(H,23,28)(H,24,25,26,27). The van der Waals surface area contributed by atoms with E-state index in [1.807, 2.05) is 12.1 Å². The van der Waals surface area contributed by atoms with Crippen molar-refractivity contribution in [1.29, 1.82) is 0 Å². The molecule has 158 valence electrons. The fraction of sp³-hybridized carbons (Fsp3) is 0.364. The zero-order valence-electron chi connectivity index (χ0n) is 17.1. The van der Waals surface area contributed by atoms with E-state index in [2.05, 4.69) is 32.9 Å². The number of hydrogen-bond acceptors (Lipinski definition) is 6. The van der Waals surface area contributed by atoms with Gasteiger partial charge in [-0.15, -0.1) is 10.2 Å². The Morgan fingerprint density at radius 3 is 2.60 bits per heavy atom. The van der Waals surface area contributed by atoms with Gasteiger partial charge in [-0.25, -0.2) is 0 Å². The number of aromatic amines is 1. The third kappa shape index (κ3) is 6.88. The Morgan fingerprint density at radius 1 is 1.00 bits per heavy atom. The molecule has 0 radical (unpaired) electrons. The summed E-state index contributed by atoms with van der Waals surface area (Å²) < 4.78 is 11.4. The van der Waals surface area contributed by atoms with Crippen LogP contribution in [0.2, 0.25) is 0 Å². The van der Waals surface area contributed by atoms with Crippen LogP contribution in [0, 0.1) is 0 Å². The van der Waals surface area contributed by atoms with E-state index in [4.69, 9.17) is 9.47 Å². The number of tetrazole rings is 1. The van der Waals surface area contributed by atoms with E-state index in [1.54, 1.807) is 36.4 Å². The first kappa shape index (κ1) is 21.3. The summed E-state index contributed by atoms with van der Waals surface area (Å²) in [6.07, 6.45) is 5.91. The fourth-order valence-electron chi connectivity index (χ4n) is 2.88. The zero-order chi connectivity index (χ0) is 21.0. The number of carbonyl (C=O) groups is 1. The first-order valence-corrected chi connectivity index (χ1v) is 10.2. The van der Waals surface area contributed by atoms with E-state index >= 15 is 0 Å². The van der Waals surface area contributed by atoms with Crippen LogP contribution in [-0.4, -0.2) is 33.1 Å². The van der Waals surface area contributed by atoms with Crippen LogP contribution in [0.1, 0.15) is 55.2 Å². The van der Waals surface area contributed by atoms with Crippen molar-refractivity contribution in [2.75, 3.05) is 11.9 Å². The van der Waals surface area contributed by atoms with Crippen molar-refractivity contribution < 1.29 is 14.3 Å². The van der Waals surface area contributed by atoms with E-state index in [1.165, 1.54) is 25.7 Å². The van der Waals surface area contributed by atoms with Crippen LogP contribution >= 0.6 is 0 Å². The zero-order valence-corrected chi connectivity index (χ0v) is 17.1. The number of amides is 1. The van der Waals surface area contributed by atoms with Crippen LogP contribution in [0.3, 0.4) is 0 Å². The Morgan fingerprint density at radius 2 is 1.80 bits per heavy atom. The number of unbranched alkanes of at least 4 members (excludes halogenated alkanes) is 4. The quantitative estimate of drug-likeness (QED) is 0.430. The largest absolute Gasteiger partial charge is 0.494 e. The van der Waals surface area contributed by atoms with Crippen LogP contribution in [0.25, 0.3) is 0 Å². The van der Waals surface area contributed by atoms with Crippen molar-refractivity contribution in [3.05, 3.63) is 59.9 Å². The minimum atomic E-state index is -0.210. The van der Waals surface area contributed by atoms with Crippen molar-refractivity contribution in [1.82, 2.24) is 20.6 Å². The Labute approximate surface area is 176 Å². The van der Waals surface area contributed by atoms with E-state index in [0.29, 0.717) is 35.2 Å². The first-order valence-electron chi connectivity index (χ1n) is 10.2. The molecule has 2 aromatic carbocycles. The average Bonchev–Trinajstić information content (AvgIpc) is 3.29. The number of anilines is 1.